The Kier molecular flexibility index (Phi) is 11.5. The van der Waals surface area contributed by atoms with Gasteiger partial charge in [0.15, 0.2) is 0 Å². The van der Waals surface area contributed by atoms with Crippen LogP contribution in [0.4, 0.5) is 0 Å². The fraction of sp³-hybridized carbons (Fsp3) is 1.00. The Morgan fingerprint density at radius 3 is 2.86 bits per heavy atom. The molecule has 0 saturated heterocycles. The zero-order chi connectivity index (χ0) is 10.6. The molecule has 0 aromatic heterocycles. The predicted molar refractivity (Wildman–Crippen MR) is 62.7 cm³/mol. The van der Waals surface area contributed by atoms with E-state index >= 15 is 0 Å². The number of ether oxygens (including phenoxy) is 1. The van der Waals surface area contributed by atoms with Gasteiger partial charge in [-0.3, -0.25) is 0 Å². The molecule has 0 bridgehead atoms. The molecule has 0 saturated carbocycles. The number of rotatable bonds is 10. The van der Waals surface area contributed by atoms with Crippen LogP contribution in [0.5, 0.6) is 0 Å². The number of nitrogens with two attached hydrogens (primary N) is 1. The van der Waals surface area contributed by atoms with Crippen molar-refractivity contribution >= 4 is 11.8 Å². The summed E-state index contributed by atoms with van der Waals surface area (Å²) < 4.78 is 5.30. The summed E-state index contributed by atoms with van der Waals surface area (Å²) >= 11 is 1.74. The summed E-state index contributed by atoms with van der Waals surface area (Å²) in [5, 5.41) is 9.47. The molecule has 0 aliphatic rings. The Balaban J connectivity index is 3.07. The van der Waals surface area contributed by atoms with Gasteiger partial charge in [-0.2, -0.15) is 11.8 Å². The van der Waals surface area contributed by atoms with Crippen LogP contribution in [0.25, 0.3) is 0 Å². The molecule has 86 valence electrons. The van der Waals surface area contributed by atoms with Crippen molar-refractivity contribution in [2.24, 2.45) is 5.73 Å². The maximum Gasteiger partial charge on any atom is 0.0863 e. The SMILES string of the molecule is CCCCOCC(O)CSCCCN. The average Bonchev–Trinajstić information content (AvgIpc) is 2.19. The second kappa shape index (κ2) is 11.3. The molecule has 0 aromatic rings. The Bertz CT molecular complexity index is 102. The first-order valence-corrected chi connectivity index (χ1v) is 6.50. The third-order valence-corrected chi connectivity index (χ3v) is 2.95. The van der Waals surface area contributed by atoms with Crippen molar-refractivity contribution in [2.45, 2.75) is 32.3 Å². The van der Waals surface area contributed by atoms with E-state index in [1.54, 1.807) is 11.8 Å². The van der Waals surface area contributed by atoms with Crippen molar-refractivity contribution in [1.82, 2.24) is 0 Å². The van der Waals surface area contributed by atoms with Gasteiger partial charge >= 0.3 is 0 Å². The van der Waals surface area contributed by atoms with Crippen LogP contribution < -0.4 is 5.73 Å². The molecule has 0 aromatic carbocycles. The lowest BCUT2D eigenvalue weighted by atomic mass is 10.3. The number of thioether (sulfide) groups is 1. The fourth-order valence-electron chi connectivity index (χ4n) is 0.919. The first kappa shape index (κ1) is 14.2. The quantitative estimate of drug-likeness (QED) is 0.545. The number of unbranched alkanes of at least 4 members (excludes halogenated alkanes) is 1. The van der Waals surface area contributed by atoms with Crippen LogP contribution in [0.15, 0.2) is 0 Å². The van der Waals surface area contributed by atoms with Gasteiger partial charge in [-0.15, -0.1) is 0 Å². The molecule has 0 radical (unpaired) electrons. The van der Waals surface area contributed by atoms with Crippen molar-refractivity contribution in [3.8, 4) is 0 Å². The first-order valence-electron chi connectivity index (χ1n) is 5.34. The summed E-state index contributed by atoms with van der Waals surface area (Å²) in [6.07, 6.45) is 2.91. The minimum absolute atomic E-state index is 0.324. The molecule has 0 fully saturated rings. The second-order valence-electron chi connectivity index (χ2n) is 3.30. The maximum atomic E-state index is 9.47. The normalized spacial score (nSPS) is 13.1. The highest BCUT2D eigenvalue weighted by Gasteiger charge is 2.03. The third kappa shape index (κ3) is 10.3. The largest absolute Gasteiger partial charge is 0.390 e. The highest BCUT2D eigenvalue weighted by atomic mass is 32.2. The molecule has 0 amide bonds. The van der Waals surface area contributed by atoms with Crippen molar-refractivity contribution in [2.75, 3.05) is 31.3 Å². The molecule has 0 rings (SSSR count). The predicted octanol–water partition coefficient (Wildman–Crippen LogP) is 1.25. The summed E-state index contributed by atoms with van der Waals surface area (Å²) in [5.74, 6) is 1.79. The van der Waals surface area contributed by atoms with Crippen molar-refractivity contribution in [1.29, 1.82) is 0 Å². The Hall–Kier alpha value is 0.230. The van der Waals surface area contributed by atoms with Crippen molar-refractivity contribution < 1.29 is 9.84 Å². The van der Waals surface area contributed by atoms with Gasteiger partial charge in [0.1, 0.15) is 0 Å². The zero-order valence-corrected chi connectivity index (χ0v) is 9.89. The van der Waals surface area contributed by atoms with E-state index in [4.69, 9.17) is 10.5 Å². The molecule has 0 spiro atoms. The lowest BCUT2D eigenvalue weighted by Gasteiger charge is -2.10. The van der Waals surface area contributed by atoms with Gasteiger partial charge < -0.3 is 15.6 Å². The smallest absolute Gasteiger partial charge is 0.0863 e. The van der Waals surface area contributed by atoms with E-state index in [-0.39, 0.29) is 6.10 Å². The fourth-order valence-corrected chi connectivity index (χ4v) is 1.82. The van der Waals surface area contributed by atoms with Crippen LogP contribution in [0, 0.1) is 0 Å². The van der Waals surface area contributed by atoms with Crippen LogP contribution in [0.1, 0.15) is 26.2 Å². The van der Waals surface area contributed by atoms with E-state index in [1.165, 1.54) is 0 Å². The van der Waals surface area contributed by atoms with Gasteiger partial charge in [-0.1, -0.05) is 13.3 Å². The molecule has 1 unspecified atom stereocenters. The van der Waals surface area contributed by atoms with Crippen LogP contribution >= 0.6 is 11.8 Å². The van der Waals surface area contributed by atoms with Crippen LogP contribution in [0.2, 0.25) is 0 Å². The molecular weight excluding hydrogens is 198 g/mol. The molecule has 4 heteroatoms. The number of aliphatic hydroxyl groups is 1. The van der Waals surface area contributed by atoms with Gasteiger partial charge in [-0.05, 0) is 25.1 Å². The molecule has 1 atom stereocenters. The number of hydrogen-bond donors (Lipinski definition) is 2. The molecule has 0 aliphatic carbocycles. The lowest BCUT2D eigenvalue weighted by Crippen LogP contribution is -2.18. The standard InChI is InChI=1S/C10H23NO2S/c1-2-3-6-13-8-10(12)9-14-7-4-5-11/h10,12H,2-9,11H2,1H3. The van der Waals surface area contributed by atoms with E-state index in [0.717, 1.165) is 43.9 Å². The Morgan fingerprint density at radius 2 is 2.21 bits per heavy atom. The Labute approximate surface area is 91.4 Å². The van der Waals surface area contributed by atoms with Gasteiger partial charge in [0.05, 0.1) is 12.7 Å². The second-order valence-corrected chi connectivity index (χ2v) is 4.45. The van der Waals surface area contributed by atoms with Gasteiger partial charge in [0.2, 0.25) is 0 Å². The van der Waals surface area contributed by atoms with Crippen molar-refractivity contribution in [3.63, 3.8) is 0 Å². The first-order chi connectivity index (χ1) is 6.81. The molecule has 0 aliphatic heterocycles. The summed E-state index contributed by atoms with van der Waals surface area (Å²) in [6, 6.07) is 0. The summed E-state index contributed by atoms with van der Waals surface area (Å²) in [7, 11) is 0. The van der Waals surface area contributed by atoms with Crippen LogP contribution in [0.3, 0.4) is 0 Å². The maximum absolute atomic E-state index is 9.47. The van der Waals surface area contributed by atoms with Gasteiger partial charge in [0.25, 0.3) is 0 Å². The number of aliphatic hydroxyl groups excluding tert-OH is 1. The van der Waals surface area contributed by atoms with E-state index in [2.05, 4.69) is 6.92 Å². The molecule has 0 heterocycles. The van der Waals surface area contributed by atoms with E-state index in [0.29, 0.717) is 6.61 Å². The highest BCUT2D eigenvalue weighted by Crippen LogP contribution is 2.04. The van der Waals surface area contributed by atoms with Gasteiger partial charge in [0, 0.05) is 12.4 Å². The molecular formula is C10H23NO2S. The highest BCUT2D eigenvalue weighted by molar-refractivity contribution is 7.99. The molecule has 14 heavy (non-hydrogen) atoms. The molecule has 3 N–H and O–H groups in total. The minimum atomic E-state index is -0.324. The molecule has 3 nitrogen and oxygen atoms in total. The van der Waals surface area contributed by atoms with Gasteiger partial charge in [-0.25, -0.2) is 0 Å². The van der Waals surface area contributed by atoms with Crippen molar-refractivity contribution in [3.05, 3.63) is 0 Å². The van der Waals surface area contributed by atoms with Crippen LogP contribution in [-0.4, -0.2) is 42.5 Å². The third-order valence-electron chi connectivity index (χ3n) is 1.76. The van der Waals surface area contributed by atoms with Crippen LogP contribution in [-0.2, 0) is 4.74 Å². The minimum Gasteiger partial charge on any atom is -0.390 e. The summed E-state index contributed by atoms with van der Waals surface area (Å²) in [5.41, 5.74) is 5.36. The van der Waals surface area contributed by atoms with E-state index in [1.807, 2.05) is 0 Å². The lowest BCUT2D eigenvalue weighted by molar-refractivity contribution is 0.0473. The van der Waals surface area contributed by atoms with E-state index in [9.17, 15) is 5.11 Å². The van der Waals surface area contributed by atoms with E-state index < -0.39 is 0 Å². The zero-order valence-electron chi connectivity index (χ0n) is 9.08. The Morgan fingerprint density at radius 1 is 1.43 bits per heavy atom. The topological polar surface area (TPSA) is 55.5 Å². The average molecular weight is 221 g/mol. The number of hydrogen-bond acceptors (Lipinski definition) is 4. The monoisotopic (exact) mass is 221 g/mol. The summed E-state index contributed by atoms with van der Waals surface area (Å²) in [4.78, 5) is 0. The summed E-state index contributed by atoms with van der Waals surface area (Å²) in [6.45, 7) is 4.09.